The molecule has 1 unspecified atom stereocenters. The Bertz CT molecular complexity index is 536. The van der Waals surface area contributed by atoms with Crippen LogP contribution in [0.25, 0.3) is 0 Å². The number of carboxylic acid groups (broad SMARTS) is 1. The number of aryl methyl sites for hydroxylation is 2. The average Bonchev–Trinajstić information content (AvgIpc) is 2.48. The van der Waals surface area contributed by atoms with E-state index in [9.17, 15) is 14.7 Å². The van der Waals surface area contributed by atoms with E-state index >= 15 is 0 Å². The first kappa shape index (κ1) is 13.6. The van der Waals surface area contributed by atoms with Crippen LogP contribution >= 0.6 is 0 Å². The zero-order valence-electron chi connectivity index (χ0n) is 11.6. The van der Waals surface area contributed by atoms with Crippen LogP contribution in [-0.4, -0.2) is 23.5 Å². The number of hydrogen-bond donors (Lipinski definition) is 1. The van der Waals surface area contributed by atoms with Crippen molar-refractivity contribution in [1.29, 1.82) is 0 Å². The van der Waals surface area contributed by atoms with Crippen LogP contribution < -0.4 is 4.90 Å². The number of carbonyl (C=O) groups excluding carboxylic acids is 1. The van der Waals surface area contributed by atoms with Crippen molar-refractivity contribution in [3.63, 3.8) is 0 Å². The molecule has 0 radical (unpaired) electrons. The summed E-state index contributed by atoms with van der Waals surface area (Å²) in [7, 11) is 0. The topological polar surface area (TPSA) is 57.6 Å². The molecule has 1 N–H and O–H groups in total. The Labute approximate surface area is 113 Å². The maximum absolute atomic E-state index is 11.8. The number of benzene rings is 1. The molecule has 0 spiro atoms. The number of fused-ring (bicyclic) bond motifs is 1. The second-order valence-electron chi connectivity index (χ2n) is 5.29. The molecule has 0 saturated carbocycles. The highest BCUT2D eigenvalue weighted by Crippen LogP contribution is 2.33. The molecular formula is C15H19NO3. The minimum atomic E-state index is -0.782. The largest absolute Gasteiger partial charge is 0.481 e. The molecule has 1 aromatic rings. The molecule has 2 rings (SSSR count). The Morgan fingerprint density at radius 3 is 2.58 bits per heavy atom. The number of hydrogen-bond acceptors (Lipinski definition) is 2. The van der Waals surface area contributed by atoms with Gasteiger partial charge in [-0.3, -0.25) is 9.59 Å². The van der Waals surface area contributed by atoms with Gasteiger partial charge in [-0.2, -0.15) is 0 Å². The number of nitrogens with zero attached hydrogens (tertiary/aromatic N) is 1. The van der Waals surface area contributed by atoms with Gasteiger partial charge in [0.25, 0.3) is 0 Å². The predicted molar refractivity (Wildman–Crippen MR) is 73.4 cm³/mol. The van der Waals surface area contributed by atoms with E-state index in [1.165, 1.54) is 6.92 Å². The summed E-state index contributed by atoms with van der Waals surface area (Å²) < 4.78 is 0. The van der Waals surface area contributed by atoms with Gasteiger partial charge < -0.3 is 10.0 Å². The molecule has 0 fully saturated rings. The first-order valence-electron chi connectivity index (χ1n) is 6.51. The zero-order valence-corrected chi connectivity index (χ0v) is 11.6. The van der Waals surface area contributed by atoms with E-state index in [0.29, 0.717) is 19.4 Å². The number of carbonyl (C=O) groups is 2. The Morgan fingerprint density at radius 2 is 2.00 bits per heavy atom. The molecule has 1 amide bonds. The van der Waals surface area contributed by atoms with Gasteiger partial charge in [0.1, 0.15) is 0 Å². The molecule has 0 bridgehead atoms. The fraction of sp³-hybridized carbons (Fsp3) is 0.467. The van der Waals surface area contributed by atoms with E-state index in [1.54, 1.807) is 4.90 Å². The molecule has 102 valence electrons. The van der Waals surface area contributed by atoms with Crippen molar-refractivity contribution in [2.45, 2.75) is 33.6 Å². The van der Waals surface area contributed by atoms with Crippen molar-refractivity contribution in [2.24, 2.45) is 5.92 Å². The number of amides is 1. The lowest BCUT2D eigenvalue weighted by Crippen LogP contribution is -2.30. The number of anilines is 1. The van der Waals surface area contributed by atoms with Gasteiger partial charge in [0, 0.05) is 19.2 Å². The van der Waals surface area contributed by atoms with Gasteiger partial charge in [-0.05, 0) is 37.8 Å². The molecular weight excluding hydrogens is 242 g/mol. The van der Waals surface area contributed by atoms with Crippen LogP contribution in [0.15, 0.2) is 12.1 Å². The molecule has 0 aromatic heterocycles. The van der Waals surface area contributed by atoms with Crippen molar-refractivity contribution in [3.8, 4) is 0 Å². The third-order valence-electron chi connectivity index (χ3n) is 3.69. The summed E-state index contributed by atoms with van der Waals surface area (Å²) in [5.74, 6) is -1.22. The van der Waals surface area contributed by atoms with E-state index in [-0.39, 0.29) is 5.91 Å². The fourth-order valence-electron chi connectivity index (χ4n) is 2.88. The molecule has 0 saturated heterocycles. The monoisotopic (exact) mass is 261 g/mol. The molecule has 4 heteroatoms. The summed E-state index contributed by atoms with van der Waals surface area (Å²) in [6.45, 7) is 5.97. The third kappa shape index (κ3) is 2.62. The fourth-order valence-corrected chi connectivity index (χ4v) is 2.88. The standard InChI is InChI=1S/C15H19NO3/c1-9-6-10(2)14-13(7-9)8-12(15(18)19)4-5-16(14)11(3)17/h6-7,12H,4-5,8H2,1-3H3,(H,18,19). The molecule has 19 heavy (non-hydrogen) atoms. The smallest absolute Gasteiger partial charge is 0.306 e. The Hall–Kier alpha value is -1.84. The summed E-state index contributed by atoms with van der Waals surface area (Å²) >= 11 is 0. The Kier molecular flexibility index (Phi) is 3.60. The Balaban J connectivity index is 2.54. The van der Waals surface area contributed by atoms with E-state index in [2.05, 4.69) is 0 Å². The van der Waals surface area contributed by atoms with Gasteiger partial charge in [-0.1, -0.05) is 17.7 Å². The van der Waals surface area contributed by atoms with Crippen molar-refractivity contribution in [3.05, 3.63) is 28.8 Å². The van der Waals surface area contributed by atoms with E-state index in [0.717, 1.165) is 22.4 Å². The molecule has 4 nitrogen and oxygen atoms in total. The molecule has 1 aliphatic heterocycles. The van der Waals surface area contributed by atoms with Crippen LogP contribution in [0.1, 0.15) is 30.0 Å². The summed E-state index contributed by atoms with van der Waals surface area (Å²) in [6.07, 6.45) is 0.999. The van der Waals surface area contributed by atoms with Crippen LogP contribution in [0.4, 0.5) is 5.69 Å². The minimum absolute atomic E-state index is 0.0285. The van der Waals surface area contributed by atoms with Crippen LogP contribution in [0.3, 0.4) is 0 Å². The second kappa shape index (κ2) is 5.03. The van der Waals surface area contributed by atoms with Crippen LogP contribution in [0, 0.1) is 19.8 Å². The van der Waals surface area contributed by atoms with E-state index < -0.39 is 11.9 Å². The highest BCUT2D eigenvalue weighted by Gasteiger charge is 2.28. The highest BCUT2D eigenvalue weighted by molar-refractivity contribution is 5.94. The maximum Gasteiger partial charge on any atom is 0.306 e. The summed E-state index contributed by atoms with van der Waals surface area (Å²) in [5.41, 5.74) is 4.02. The SMILES string of the molecule is CC(=O)N1CCC(C(=O)O)Cc2cc(C)cc(C)c21. The van der Waals surface area contributed by atoms with Gasteiger partial charge in [0.15, 0.2) is 0 Å². The number of rotatable bonds is 1. The summed E-state index contributed by atoms with van der Waals surface area (Å²) in [6, 6.07) is 4.04. The molecule has 1 heterocycles. The van der Waals surface area contributed by atoms with Crippen molar-refractivity contribution in [1.82, 2.24) is 0 Å². The lowest BCUT2D eigenvalue weighted by molar-refractivity contribution is -0.141. The van der Waals surface area contributed by atoms with Gasteiger partial charge in [0.05, 0.1) is 5.92 Å². The first-order chi connectivity index (χ1) is 8.90. The quantitative estimate of drug-likeness (QED) is 0.844. The number of carboxylic acids is 1. The normalized spacial score (nSPS) is 18.7. The zero-order chi connectivity index (χ0) is 14.2. The number of aliphatic carboxylic acids is 1. The summed E-state index contributed by atoms with van der Waals surface area (Å²) in [4.78, 5) is 24.8. The highest BCUT2D eigenvalue weighted by atomic mass is 16.4. The molecule has 1 aromatic carbocycles. The van der Waals surface area contributed by atoms with Crippen molar-refractivity contribution in [2.75, 3.05) is 11.4 Å². The van der Waals surface area contributed by atoms with Crippen LogP contribution in [0.2, 0.25) is 0 Å². The van der Waals surface area contributed by atoms with E-state index in [4.69, 9.17) is 0 Å². The molecule has 1 aliphatic rings. The third-order valence-corrected chi connectivity index (χ3v) is 3.69. The second-order valence-corrected chi connectivity index (χ2v) is 5.29. The van der Waals surface area contributed by atoms with Crippen molar-refractivity contribution >= 4 is 17.6 Å². The van der Waals surface area contributed by atoms with Gasteiger partial charge >= 0.3 is 5.97 Å². The van der Waals surface area contributed by atoms with Gasteiger partial charge in [-0.15, -0.1) is 0 Å². The van der Waals surface area contributed by atoms with Crippen LogP contribution in [0.5, 0.6) is 0 Å². The maximum atomic E-state index is 11.8. The Morgan fingerprint density at radius 1 is 1.32 bits per heavy atom. The summed E-state index contributed by atoms with van der Waals surface area (Å²) in [5, 5.41) is 9.25. The average molecular weight is 261 g/mol. The first-order valence-corrected chi connectivity index (χ1v) is 6.51. The molecule has 0 aliphatic carbocycles. The minimum Gasteiger partial charge on any atom is -0.481 e. The van der Waals surface area contributed by atoms with Gasteiger partial charge in [-0.25, -0.2) is 0 Å². The predicted octanol–water partition coefficient (Wildman–Crippen LogP) is 2.30. The molecule has 1 atom stereocenters. The van der Waals surface area contributed by atoms with Crippen molar-refractivity contribution < 1.29 is 14.7 Å². The van der Waals surface area contributed by atoms with Crippen LogP contribution in [-0.2, 0) is 16.0 Å². The lowest BCUT2D eigenvalue weighted by Gasteiger charge is -2.23. The lowest BCUT2D eigenvalue weighted by atomic mass is 9.94. The van der Waals surface area contributed by atoms with E-state index in [1.807, 2.05) is 26.0 Å². The van der Waals surface area contributed by atoms with Gasteiger partial charge in [0.2, 0.25) is 5.91 Å².